The first-order chi connectivity index (χ1) is 8.64. The Hall–Kier alpha value is -0.0800. The smallest absolute Gasteiger partial charge is 0.157 e. The molecule has 1 fully saturated rings. The second kappa shape index (κ2) is 8.92. The van der Waals surface area contributed by atoms with Crippen molar-refractivity contribution in [3.8, 4) is 0 Å². The summed E-state index contributed by atoms with van der Waals surface area (Å²) in [6.07, 6.45) is 12.1. The van der Waals surface area contributed by atoms with Crippen LogP contribution in [0.2, 0.25) is 0 Å². The van der Waals surface area contributed by atoms with Gasteiger partial charge in [0.15, 0.2) is 6.29 Å². The van der Waals surface area contributed by atoms with E-state index in [2.05, 4.69) is 20.8 Å². The van der Waals surface area contributed by atoms with Crippen LogP contribution in [0.25, 0.3) is 0 Å². The lowest BCUT2D eigenvalue weighted by atomic mass is 9.95. The summed E-state index contributed by atoms with van der Waals surface area (Å²) in [6.45, 7) is 8.34. The third kappa shape index (κ3) is 7.38. The van der Waals surface area contributed by atoms with Crippen LogP contribution in [0.1, 0.15) is 78.6 Å². The Bertz CT molecular complexity index is 191. The molecule has 1 saturated heterocycles. The average Bonchev–Trinajstić information content (AvgIpc) is 2.34. The molecule has 1 aliphatic heterocycles. The minimum absolute atomic E-state index is 0.0677. The first-order valence-electron chi connectivity index (χ1n) is 7.87. The van der Waals surface area contributed by atoms with Crippen molar-refractivity contribution in [2.45, 2.75) is 84.8 Å². The number of unbranched alkanes of at least 4 members (excludes halogenated alkanes) is 7. The second-order valence-electron chi connectivity index (χ2n) is 6.48. The Labute approximate surface area is 113 Å². The fourth-order valence-corrected chi connectivity index (χ4v) is 2.34. The molecule has 0 atom stereocenters. The molecule has 0 spiro atoms. The number of ether oxygens (including phenoxy) is 2. The van der Waals surface area contributed by atoms with Crippen LogP contribution in [0.4, 0.5) is 0 Å². The predicted molar refractivity (Wildman–Crippen MR) is 76.7 cm³/mol. The van der Waals surface area contributed by atoms with Crippen molar-refractivity contribution < 1.29 is 9.47 Å². The molecule has 0 N–H and O–H groups in total. The first-order valence-corrected chi connectivity index (χ1v) is 7.87. The minimum Gasteiger partial charge on any atom is -0.352 e. The van der Waals surface area contributed by atoms with E-state index in [9.17, 15) is 0 Å². The Kier molecular flexibility index (Phi) is 7.92. The standard InChI is InChI=1S/C16H32O2/c1-4-5-6-7-8-9-10-11-12-15-17-13-16(2,3)14-18-15/h15H,4-14H2,1-3H3. The summed E-state index contributed by atoms with van der Waals surface area (Å²) >= 11 is 0. The van der Waals surface area contributed by atoms with Gasteiger partial charge in [-0.25, -0.2) is 0 Å². The number of hydrogen-bond acceptors (Lipinski definition) is 2. The highest BCUT2D eigenvalue weighted by Crippen LogP contribution is 2.25. The van der Waals surface area contributed by atoms with E-state index < -0.39 is 0 Å². The molecular formula is C16H32O2. The van der Waals surface area contributed by atoms with Gasteiger partial charge < -0.3 is 9.47 Å². The molecule has 0 saturated carbocycles. The van der Waals surface area contributed by atoms with Gasteiger partial charge in [0.05, 0.1) is 13.2 Å². The number of hydrogen-bond donors (Lipinski definition) is 0. The normalized spacial score (nSPS) is 20.2. The monoisotopic (exact) mass is 256 g/mol. The lowest BCUT2D eigenvalue weighted by molar-refractivity contribution is -0.224. The van der Waals surface area contributed by atoms with E-state index in [1.807, 2.05) is 0 Å². The third-order valence-corrected chi connectivity index (χ3v) is 3.61. The highest BCUT2D eigenvalue weighted by atomic mass is 16.7. The molecule has 0 aromatic heterocycles. The van der Waals surface area contributed by atoms with Crippen molar-refractivity contribution in [2.24, 2.45) is 5.41 Å². The van der Waals surface area contributed by atoms with E-state index in [-0.39, 0.29) is 11.7 Å². The third-order valence-electron chi connectivity index (χ3n) is 3.61. The van der Waals surface area contributed by atoms with Gasteiger partial charge in [0.1, 0.15) is 0 Å². The van der Waals surface area contributed by atoms with Crippen molar-refractivity contribution in [3.05, 3.63) is 0 Å². The molecule has 0 aromatic carbocycles. The van der Waals surface area contributed by atoms with E-state index >= 15 is 0 Å². The van der Waals surface area contributed by atoms with Crippen LogP contribution in [-0.2, 0) is 9.47 Å². The molecule has 2 heteroatoms. The van der Waals surface area contributed by atoms with E-state index in [0.717, 1.165) is 19.6 Å². The Balaban J connectivity index is 1.87. The lowest BCUT2D eigenvalue weighted by Crippen LogP contribution is -2.37. The van der Waals surface area contributed by atoms with Crippen molar-refractivity contribution in [1.29, 1.82) is 0 Å². The van der Waals surface area contributed by atoms with Gasteiger partial charge in [-0.2, -0.15) is 0 Å². The molecule has 0 bridgehead atoms. The van der Waals surface area contributed by atoms with Gasteiger partial charge in [0.2, 0.25) is 0 Å². The van der Waals surface area contributed by atoms with Crippen molar-refractivity contribution in [2.75, 3.05) is 13.2 Å². The molecule has 0 amide bonds. The molecule has 0 aliphatic carbocycles. The van der Waals surface area contributed by atoms with Gasteiger partial charge in [-0.1, -0.05) is 65.7 Å². The second-order valence-corrected chi connectivity index (χ2v) is 6.48. The molecule has 2 nitrogen and oxygen atoms in total. The molecular weight excluding hydrogens is 224 g/mol. The van der Waals surface area contributed by atoms with E-state index in [0.29, 0.717) is 0 Å². The van der Waals surface area contributed by atoms with E-state index in [4.69, 9.17) is 9.47 Å². The average molecular weight is 256 g/mol. The Morgan fingerprint density at radius 1 is 0.833 bits per heavy atom. The first kappa shape index (κ1) is 16.0. The molecule has 0 aromatic rings. The molecule has 1 aliphatic rings. The summed E-state index contributed by atoms with van der Waals surface area (Å²) < 4.78 is 11.5. The summed E-state index contributed by atoms with van der Waals surface area (Å²) in [5, 5.41) is 0. The zero-order valence-electron chi connectivity index (χ0n) is 12.7. The van der Waals surface area contributed by atoms with E-state index in [1.165, 1.54) is 51.4 Å². The van der Waals surface area contributed by atoms with Crippen molar-refractivity contribution >= 4 is 0 Å². The quantitative estimate of drug-likeness (QED) is 0.545. The fraction of sp³-hybridized carbons (Fsp3) is 1.00. The van der Waals surface area contributed by atoms with Gasteiger partial charge in [-0.15, -0.1) is 0 Å². The van der Waals surface area contributed by atoms with Gasteiger partial charge >= 0.3 is 0 Å². The van der Waals surface area contributed by atoms with Crippen LogP contribution >= 0.6 is 0 Å². The molecule has 1 rings (SSSR count). The van der Waals surface area contributed by atoms with Gasteiger partial charge in [-0.05, 0) is 12.8 Å². The van der Waals surface area contributed by atoms with Crippen LogP contribution in [-0.4, -0.2) is 19.5 Å². The van der Waals surface area contributed by atoms with E-state index in [1.54, 1.807) is 0 Å². The lowest BCUT2D eigenvalue weighted by Gasteiger charge is -2.34. The Morgan fingerprint density at radius 2 is 1.33 bits per heavy atom. The van der Waals surface area contributed by atoms with Crippen LogP contribution in [0.5, 0.6) is 0 Å². The highest BCUT2D eigenvalue weighted by molar-refractivity contribution is 4.71. The minimum atomic E-state index is 0.0677. The van der Waals surface area contributed by atoms with Gasteiger partial charge in [0.25, 0.3) is 0 Å². The van der Waals surface area contributed by atoms with Crippen LogP contribution in [0, 0.1) is 5.41 Å². The van der Waals surface area contributed by atoms with Crippen molar-refractivity contribution in [1.82, 2.24) is 0 Å². The number of rotatable bonds is 9. The maximum Gasteiger partial charge on any atom is 0.157 e. The highest BCUT2D eigenvalue weighted by Gasteiger charge is 2.27. The SMILES string of the molecule is CCCCCCCCCCC1OCC(C)(C)CO1. The summed E-state index contributed by atoms with van der Waals surface area (Å²) in [5.74, 6) is 0. The summed E-state index contributed by atoms with van der Waals surface area (Å²) in [4.78, 5) is 0. The molecule has 18 heavy (non-hydrogen) atoms. The van der Waals surface area contributed by atoms with Crippen molar-refractivity contribution in [3.63, 3.8) is 0 Å². The van der Waals surface area contributed by atoms with Crippen LogP contribution in [0.3, 0.4) is 0 Å². The largest absolute Gasteiger partial charge is 0.352 e. The topological polar surface area (TPSA) is 18.5 Å². The zero-order valence-corrected chi connectivity index (χ0v) is 12.7. The molecule has 0 unspecified atom stereocenters. The summed E-state index contributed by atoms with van der Waals surface area (Å²) in [6, 6.07) is 0. The molecule has 1 heterocycles. The summed E-state index contributed by atoms with van der Waals surface area (Å²) in [7, 11) is 0. The zero-order chi connectivity index (χ0) is 13.3. The van der Waals surface area contributed by atoms with Crippen LogP contribution < -0.4 is 0 Å². The molecule has 0 radical (unpaired) electrons. The molecule has 108 valence electrons. The van der Waals surface area contributed by atoms with Gasteiger partial charge in [-0.3, -0.25) is 0 Å². The Morgan fingerprint density at radius 3 is 1.89 bits per heavy atom. The fourth-order valence-electron chi connectivity index (χ4n) is 2.34. The predicted octanol–water partition coefficient (Wildman–Crippen LogP) is 4.92. The summed E-state index contributed by atoms with van der Waals surface area (Å²) in [5.41, 5.74) is 0.204. The maximum absolute atomic E-state index is 5.73. The van der Waals surface area contributed by atoms with Gasteiger partial charge in [0, 0.05) is 5.41 Å². The maximum atomic E-state index is 5.73. The van der Waals surface area contributed by atoms with Crippen LogP contribution in [0.15, 0.2) is 0 Å².